The van der Waals surface area contributed by atoms with Crippen LogP contribution in [0.2, 0.25) is 0 Å². The van der Waals surface area contributed by atoms with Crippen molar-refractivity contribution < 1.29 is 0 Å². The molecule has 1 unspecified atom stereocenters. The molecule has 0 saturated carbocycles. The Morgan fingerprint density at radius 1 is 1.29 bits per heavy atom. The standard InChI is InChI=1S/C13H15N/c1-14-8-4-7-12-11-6-3-2-5-10(11)9-13(12)14/h2-3,5-6,9,12H,4,7-8H2,1H3. The molecule has 72 valence electrons. The Hall–Kier alpha value is -1.24. The number of nitrogens with zero attached hydrogens (tertiary/aromatic N) is 1. The Morgan fingerprint density at radius 3 is 3.07 bits per heavy atom. The molecule has 1 heteroatoms. The third-order valence-corrected chi connectivity index (χ3v) is 3.46. The highest BCUT2D eigenvalue weighted by Crippen LogP contribution is 2.42. The van der Waals surface area contributed by atoms with Crippen molar-refractivity contribution in [1.82, 2.24) is 4.90 Å². The third kappa shape index (κ3) is 1.02. The van der Waals surface area contributed by atoms with Gasteiger partial charge in [-0.25, -0.2) is 0 Å². The highest BCUT2D eigenvalue weighted by molar-refractivity contribution is 5.66. The van der Waals surface area contributed by atoms with Crippen molar-refractivity contribution >= 4 is 6.08 Å². The number of likely N-dealkylation sites (tertiary alicyclic amines) is 1. The summed E-state index contributed by atoms with van der Waals surface area (Å²) in [5, 5.41) is 0. The van der Waals surface area contributed by atoms with E-state index in [0.717, 1.165) is 0 Å². The molecule has 0 amide bonds. The van der Waals surface area contributed by atoms with Gasteiger partial charge in [-0.1, -0.05) is 24.3 Å². The van der Waals surface area contributed by atoms with E-state index < -0.39 is 0 Å². The molecule has 0 N–H and O–H groups in total. The molecule has 1 nitrogen and oxygen atoms in total. The van der Waals surface area contributed by atoms with Crippen molar-refractivity contribution in [2.75, 3.05) is 13.6 Å². The molecule has 1 aliphatic carbocycles. The van der Waals surface area contributed by atoms with Gasteiger partial charge >= 0.3 is 0 Å². The van der Waals surface area contributed by atoms with Gasteiger partial charge in [0.15, 0.2) is 0 Å². The molecule has 0 radical (unpaired) electrons. The average Bonchev–Trinajstić information content (AvgIpc) is 2.59. The average molecular weight is 185 g/mol. The molecular weight excluding hydrogens is 170 g/mol. The highest BCUT2D eigenvalue weighted by atomic mass is 15.1. The number of hydrogen-bond acceptors (Lipinski definition) is 1. The minimum Gasteiger partial charge on any atom is -0.377 e. The summed E-state index contributed by atoms with van der Waals surface area (Å²) in [5.41, 5.74) is 4.49. The lowest BCUT2D eigenvalue weighted by Crippen LogP contribution is -2.26. The first-order valence-electron chi connectivity index (χ1n) is 5.38. The molecule has 1 atom stereocenters. The van der Waals surface area contributed by atoms with Crippen molar-refractivity contribution in [1.29, 1.82) is 0 Å². The Balaban J connectivity index is 2.09. The van der Waals surface area contributed by atoms with Crippen LogP contribution in [0.25, 0.3) is 6.08 Å². The summed E-state index contributed by atoms with van der Waals surface area (Å²) in [7, 11) is 2.21. The van der Waals surface area contributed by atoms with Gasteiger partial charge in [0.1, 0.15) is 0 Å². The molecule has 1 saturated heterocycles. The first kappa shape index (κ1) is 8.10. The Bertz CT molecular complexity index is 392. The summed E-state index contributed by atoms with van der Waals surface area (Å²) in [6, 6.07) is 8.80. The lowest BCUT2D eigenvalue weighted by atomic mass is 9.91. The van der Waals surface area contributed by atoms with Crippen LogP contribution in [0.4, 0.5) is 0 Å². The predicted octanol–water partition coefficient (Wildman–Crippen LogP) is 2.85. The summed E-state index contributed by atoms with van der Waals surface area (Å²) in [6.07, 6.45) is 5.01. The van der Waals surface area contributed by atoms with E-state index in [0.29, 0.717) is 5.92 Å². The molecule has 1 heterocycles. The second-order valence-electron chi connectivity index (χ2n) is 4.31. The van der Waals surface area contributed by atoms with Gasteiger partial charge in [0.25, 0.3) is 0 Å². The summed E-state index contributed by atoms with van der Waals surface area (Å²) >= 11 is 0. The molecule has 0 bridgehead atoms. The molecule has 1 aromatic rings. The Kier molecular flexibility index (Phi) is 1.66. The molecule has 14 heavy (non-hydrogen) atoms. The molecule has 1 aliphatic heterocycles. The van der Waals surface area contributed by atoms with E-state index in [1.807, 2.05) is 0 Å². The largest absolute Gasteiger partial charge is 0.377 e. The van der Waals surface area contributed by atoms with Gasteiger partial charge in [0.05, 0.1) is 0 Å². The topological polar surface area (TPSA) is 3.24 Å². The van der Waals surface area contributed by atoms with Gasteiger partial charge in [-0.05, 0) is 30.0 Å². The zero-order valence-electron chi connectivity index (χ0n) is 8.53. The van der Waals surface area contributed by atoms with Gasteiger partial charge < -0.3 is 4.90 Å². The van der Waals surface area contributed by atoms with Gasteiger partial charge in [-0.2, -0.15) is 0 Å². The van der Waals surface area contributed by atoms with E-state index in [1.165, 1.54) is 36.2 Å². The second kappa shape index (κ2) is 2.88. The van der Waals surface area contributed by atoms with Gasteiger partial charge in [0.2, 0.25) is 0 Å². The fraction of sp³-hybridized carbons (Fsp3) is 0.385. The lowest BCUT2D eigenvalue weighted by molar-refractivity contribution is 0.328. The predicted molar refractivity (Wildman–Crippen MR) is 59.0 cm³/mol. The van der Waals surface area contributed by atoms with E-state index in [9.17, 15) is 0 Å². The maximum Gasteiger partial charge on any atom is 0.0246 e. The molecule has 0 aromatic heterocycles. The molecule has 1 fully saturated rings. The number of benzene rings is 1. The molecule has 3 rings (SSSR count). The SMILES string of the molecule is CN1CCCC2C1=Cc1ccccc12. The van der Waals surface area contributed by atoms with E-state index in [2.05, 4.69) is 42.3 Å². The van der Waals surface area contributed by atoms with Gasteiger partial charge in [0, 0.05) is 25.2 Å². The number of piperidine rings is 1. The number of allylic oxidation sites excluding steroid dienone is 1. The van der Waals surface area contributed by atoms with Crippen molar-refractivity contribution in [3.05, 3.63) is 41.1 Å². The summed E-state index contributed by atoms with van der Waals surface area (Å²) in [6.45, 7) is 1.22. The zero-order valence-corrected chi connectivity index (χ0v) is 8.53. The second-order valence-corrected chi connectivity index (χ2v) is 4.31. The maximum atomic E-state index is 2.41. The van der Waals surface area contributed by atoms with E-state index >= 15 is 0 Å². The van der Waals surface area contributed by atoms with Crippen LogP contribution in [-0.2, 0) is 0 Å². The first-order chi connectivity index (χ1) is 6.86. The number of fused-ring (bicyclic) bond motifs is 3. The number of hydrogen-bond donors (Lipinski definition) is 0. The summed E-state index contributed by atoms with van der Waals surface area (Å²) in [5.74, 6) is 0.685. The van der Waals surface area contributed by atoms with E-state index in [1.54, 1.807) is 0 Å². The lowest BCUT2D eigenvalue weighted by Gasteiger charge is -2.31. The minimum atomic E-state index is 0.685. The maximum absolute atomic E-state index is 2.41. The van der Waals surface area contributed by atoms with Crippen molar-refractivity contribution in [3.63, 3.8) is 0 Å². The monoisotopic (exact) mass is 185 g/mol. The Morgan fingerprint density at radius 2 is 2.14 bits per heavy atom. The number of likely N-dealkylation sites (N-methyl/N-ethyl adjacent to an activating group) is 1. The van der Waals surface area contributed by atoms with Crippen molar-refractivity contribution in [3.8, 4) is 0 Å². The fourth-order valence-electron chi connectivity index (χ4n) is 2.72. The van der Waals surface area contributed by atoms with Crippen LogP contribution in [-0.4, -0.2) is 18.5 Å². The number of rotatable bonds is 0. The molecule has 1 aromatic carbocycles. The molecule has 2 aliphatic rings. The van der Waals surface area contributed by atoms with Crippen LogP contribution in [0.5, 0.6) is 0 Å². The molecular formula is C13H15N. The first-order valence-corrected chi connectivity index (χ1v) is 5.38. The van der Waals surface area contributed by atoms with Crippen molar-refractivity contribution in [2.45, 2.75) is 18.8 Å². The summed E-state index contributed by atoms with van der Waals surface area (Å²) in [4.78, 5) is 2.41. The van der Waals surface area contributed by atoms with Crippen LogP contribution in [0.15, 0.2) is 30.0 Å². The normalized spacial score (nSPS) is 24.2. The van der Waals surface area contributed by atoms with E-state index in [4.69, 9.17) is 0 Å². The van der Waals surface area contributed by atoms with Crippen LogP contribution in [0.3, 0.4) is 0 Å². The van der Waals surface area contributed by atoms with Crippen molar-refractivity contribution in [2.24, 2.45) is 0 Å². The van der Waals surface area contributed by atoms with Gasteiger partial charge in [-0.3, -0.25) is 0 Å². The Labute approximate surface area is 85.0 Å². The quantitative estimate of drug-likeness (QED) is 0.600. The van der Waals surface area contributed by atoms with Crippen LogP contribution in [0, 0.1) is 0 Å². The van der Waals surface area contributed by atoms with Crippen LogP contribution >= 0.6 is 0 Å². The van der Waals surface area contributed by atoms with E-state index in [-0.39, 0.29) is 0 Å². The fourth-order valence-corrected chi connectivity index (χ4v) is 2.72. The van der Waals surface area contributed by atoms with Gasteiger partial charge in [-0.15, -0.1) is 0 Å². The third-order valence-electron chi connectivity index (χ3n) is 3.46. The highest BCUT2D eigenvalue weighted by Gasteiger charge is 2.29. The summed E-state index contributed by atoms with van der Waals surface area (Å²) < 4.78 is 0. The molecule has 0 spiro atoms. The van der Waals surface area contributed by atoms with Crippen LogP contribution < -0.4 is 0 Å². The van der Waals surface area contributed by atoms with Crippen LogP contribution in [0.1, 0.15) is 29.9 Å². The minimum absolute atomic E-state index is 0.685. The zero-order chi connectivity index (χ0) is 9.54. The smallest absolute Gasteiger partial charge is 0.0246 e.